The number of aromatic nitrogens is 1. The number of rotatable bonds is 3. The van der Waals surface area contributed by atoms with Crippen LogP contribution in [-0.4, -0.2) is 16.1 Å². The second-order valence-corrected chi connectivity index (χ2v) is 3.85. The van der Waals surface area contributed by atoms with Crippen LogP contribution in [-0.2, 0) is 0 Å². The summed E-state index contributed by atoms with van der Waals surface area (Å²) >= 11 is 5.62. The largest absolute Gasteiger partial charge is 0.476 e. The van der Waals surface area contributed by atoms with Gasteiger partial charge in [0.05, 0.1) is 5.02 Å². The van der Waals surface area contributed by atoms with Gasteiger partial charge in [-0.15, -0.1) is 0 Å². The SMILES string of the molecule is O=C(O)c1nc(Oc2cccc(F)c2F)ccc1Cl. The third-order valence-corrected chi connectivity index (χ3v) is 2.46. The number of aromatic carboxylic acids is 1. The summed E-state index contributed by atoms with van der Waals surface area (Å²) < 4.78 is 31.3. The molecule has 0 amide bonds. The quantitative estimate of drug-likeness (QED) is 0.937. The Hall–Kier alpha value is -2.21. The van der Waals surface area contributed by atoms with Gasteiger partial charge in [0.2, 0.25) is 11.7 Å². The summed E-state index contributed by atoms with van der Waals surface area (Å²) in [6.07, 6.45) is 0. The van der Waals surface area contributed by atoms with Gasteiger partial charge in [0.1, 0.15) is 0 Å². The van der Waals surface area contributed by atoms with Crippen LogP contribution in [0.1, 0.15) is 10.5 Å². The topological polar surface area (TPSA) is 59.4 Å². The number of carboxylic acid groups (broad SMARTS) is 1. The molecule has 0 atom stereocenters. The zero-order valence-electron chi connectivity index (χ0n) is 9.23. The van der Waals surface area contributed by atoms with Gasteiger partial charge in [-0.3, -0.25) is 0 Å². The normalized spacial score (nSPS) is 10.3. The van der Waals surface area contributed by atoms with E-state index in [1.807, 2.05) is 0 Å². The molecule has 0 bridgehead atoms. The van der Waals surface area contributed by atoms with E-state index in [-0.39, 0.29) is 10.9 Å². The van der Waals surface area contributed by atoms with E-state index in [4.69, 9.17) is 21.4 Å². The highest BCUT2D eigenvalue weighted by atomic mass is 35.5. The average molecular weight is 286 g/mol. The number of carbonyl (C=O) groups is 1. The number of halogens is 3. The molecule has 0 aliphatic rings. The maximum Gasteiger partial charge on any atom is 0.356 e. The molecule has 0 saturated heterocycles. The van der Waals surface area contributed by atoms with E-state index >= 15 is 0 Å². The van der Waals surface area contributed by atoms with E-state index in [1.165, 1.54) is 24.3 Å². The lowest BCUT2D eigenvalue weighted by atomic mass is 10.3. The Morgan fingerprint density at radius 1 is 1.26 bits per heavy atom. The van der Waals surface area contributed by atoms with Crippen LogP contribution in [0, 0.1) is 11.6 Å². The molecule has 0 aliphatic carbocycles. The highest BCUT2D eigenvalue weighted by Gasteiger charge is 2.14. The first-order valence-corrected chi connectivity index (χ1v) is 5.38. The highest BCUT2D eigenvalue weighted by molar-refractivity contribution is 6.33. The van der Waals surface area contributed by atoms with Crippen LogP contribution >= 0.6 is 11.6 Å². The molecule has 2 aromatic rings. The summed E-state index contributed by atoms with van der Waals surface area (Å²) in [7, 11) is 0. The molecule has 0 saturated carbocycles. The van der Waals surface area contributed by atoms with Gasteiger partial charge >= 0.3 is 5.97 Å². The van der Waals surface area contributed by atoms with Gasteiger partial charge in [-0.25, -0.2) is 14.2 Å². The molecule has 0 unspecified atom stereocenters. The first-order valence-electron chi connectivity index (χ1n) is 5.00. The molecule has 0 spiro atoms. The van der Waals surface area contributed by atoms with Gasteiger partial charge in [-0.2, -0.15) is 4.39 Å². The maximum atomic E-state index is 13.4. The van der Waals surface area contributed by atoms with E-state index in [0.29, 0.717) is 0 Å². The van der Waals surface area contributed by atoms with Crippen LogP contribution in [0.15, 0.2) is 30.3 Å². The average Bonchev–Trinajstić information content (AvgIpc) is 2.37. The van der Waals surface area contributed by atoms with Gasteiger partial charge in [-0.1, -0.05) is 17.7 Å². The van der Waals surface area contributed by atoms with Crippen molar-refractivity contribution in [2.45, 2.75) is 0 Å². The number of hydrogen-bond donors (Lipinski definition) is 1. The Balaban J connectivity index is 2.36. The third-order valence-electron chi connectivity index (χ3n) is 2.15. The molecule has 1 aromatic carbocycles. The lowest BCUT2D eigenvalue weighted by Gasteiger charge is -2.07. The van der Waals surface area contributed by atoms with Gasteiger partial charge < -0.3 is 9.84 Å². The van der Waals surface area contributed by atoms with E-state index in [9.17, 15) is 13.6 Å². The minimum absolute atomic E-state index is 0.0837. The van der Waals surface area contributed by atoms with Gasteiger partial charge in [0.25, 0.3) is 0 Å². The Labute approximate surface area is 111 Å². The molecule has 0 fully saturated rings. The first kappa shape index (κ1) is 13.2. The molecule has 1 aromatic heterocycles. The van der Waals surface area contributed by atoms with Crippen molar-refractivity contribution >= 4 is 17.6 Å². The molecule has 0 radical (unpaired) electrons. The molecule has 98 valence electrons. The molecule has 7 heteroatoms. The Morgan fingerprint density at radius 3 is 2.68 bits per heavy atom. The van der Waals surface area contributed by atoms with Crippen LogP contribution in [0.4, 0.5) is 8.78 Å². The van der Waals surface area contributed by atoms with Crippen LogP contribution in [0.5, 0.6) is 11.6 Å². The Kier molecular flexibility index (Phi) is 3.62. The zero-order chi connectivity index (χ0) is 14.0. The van der Waals surface area contributed by atoms with Crippen LogP contribution < -0.4 is 4.74 Å². The number of benzene rings is 1. The van der Waals surface area contributed by atoms with Gasteiger partial charge in [-0.05, 0) is 18.2 Å². The van der Waals surface area contributed by atoms with Crippen molar-refractivity contribution in [2.24, 2.45) is 0 Å². The smallest absolute Gasteiger partial charge is 0.356 e. The molecule has 1 N–H and O–H groups in total. The predicted octanol–water partition coefficient (Wildman–Crippen LogP) is 3.50. The number of carboxylic acids is 1. The van der Waals surface area contributed by atoms with Gasteiger partial charge in [0.15, 0.2) is 17.3 Å². The van der Waals surface area contributed by atoms with E-state index in [2.05, 4.69) is 4.98 Å². The molecule has 0 aliphatic heterocycles. The van der Waals surface area contributed by atoms with Crippen LogP contribution in [0.25, 0.3) is 0 Å². The van der Waals surface area contributed by atoms with Crippen LogP contribution in [0.2, 0.25) is 5.02 Å². The number of ether oxygens (including phenoxy) is 1. The van der Waals surface area contributed by atoms with Crippen molar-refractivity contribution in [1.29, 1.82) is 0 Å². The van der Waals surface area contributed by atoms with Crippen molar-refractivity contribution in [3.63, 3.8) is 0 Å². The van der Waals surface area contributed by atoms with Crippen molar-refractivity contribution in [2.75, 3.05) is 0 Å². The fourth-order valence-electron chi connectivity index (χ4n) is 1.31. The van der Waals surface area contributed by atoms with Crippen molar-refractivity contribution in [3.8, 4) is 11.6 Å². The van der Waals surface area contributed by atoms with E-state index < -0.39 is 29.0 Å². The number of nitrogens with zero attached hydrogens (tertiary/aromatic N) is 1. The molecule has 19 heavy (non-hydrogen) atoms. The summed E-state index contributed by atoms with van der Waals surface area (Å²) in [5, 5.41) is 8.73. The highest BCUT2D eigenvalue weighted by Crippen LogP contribution is 2.26. The fourth-order valence-corrected chi connectivity index (χ4v) is 1.49. The standard InChI is InChI=1S/C12H6ClF2NO3/c13-6-4-5-9(16-11(6)12(17)18)19-8-3-1-2-7(14)10(8)15/h1-5H,(H,17,18). The van der Waals surface area contributed by atoms with Gasteiger partial charge in [0, 0.05) is 6.07 Å². The summed E-state index contributed by atoms with van der Waals surface area (Å²) in [4.78, 5) is 14.4. The van der Waals surface area contributed by atoms with Crippen LogP contribution in [0.3, 0.4) is 0 Å². The summed E-state index contributed by atoms with van der Waals surface area (Å²) in [5.41, 5.74) is -0.434. The Bertz CT molecular complexity index is 649. The summed E-state index contributed by atoms with van der Waals surface area (Å²) in [6.45, 7) is 0. The number of pyridine rings is 1. The van der Waals surface area contributed by atoms with E-state index in [0.717, 1.165) is 6.07 Å². The minimum atomic E-state index is -1.35. The first-order chi connectivity index (χ1) is 8.99. The van der Waals surface area contributed by atoms with Crippen molar-refractivity contribution < 1.29 is 23.4 Å². The third kappa shape index (κ3) is 2.79. The summed E-state index contributed by atoms with van der Waals surface area (Å²) in [6, 6.07) is 5.86. The van der Waals surface area contributed by atoms with Crippen molar-refractivity contribution in [3.05, 3.63) is 52.7 Å². The molecule has 2 rings (SSSR count). The minimum Gasteiger partial charge on any atom is -0.476 e. The predicted molar refractivity (Wildman–Crippen MR) is 62.6 cm³/mol. The molecular weight excluding hydrogens is 280 g/mol. The van der Waals surface area contributed by atoms with E-state index in [1.54, 1.807) is 0 Å². The Morgan fingerprint density at radius 2 is 2.00 bits per heavy atom. The summed E-state index contributed by atoms with van der Waals surface area (Å²) in [5.74, 6) is -4.21. The molecule has 1 heterocycles. The molecule has 4 nitrogen and oxygen atoms in total. The van der Waals surface area contributed by atoms with Crippen molar-refractivity contribution in [1.82, 2.24) is 4.98 Å². The second kappa shape index (κ2) is 5.19. The lowest BCUT2D eigenvalue weighted by molar-refractivity contribution is 0.0690. The monoisotopic (exact) mass is 285 g/mol. The number of hydrogen-bond acceptors (Lipinski definition) is 3. The maximum absolute atomic E-state index is 13.4. The second-order valence-electron chi connectivity index (χ2n) is 3.44. The lowest BCUT2D eigenvalue weighted by Crippen LogP contribution is -2.03. The fraction of sp³-hybridized carbons (Fsp3) is 0. The molecular formula is C12H6ClF2NO3. The zero-order valence-corrected chi connectivity index (χ0v) is 9.99.